The maximum absolute atomic E-state index is 12.5. The van der Waals surface area contributed by atoms with Crippen molar-refractivity contribution in [3.05, 3.63) is 42.7 Å². The molecule has 4 nitrogen and oxygen atoms in total. The molecule has 0 spiro atoms. The summed E-state index contributed by atoms with van der Waals surface area (Å²) in [6.45, 7) is 3.89. The van der Waals surface area contributed by atoms with Gasteiger partial charge < -0.3 is 4.98 Å². The van der Waals surface area contributed by atoms with Crippen LogP contribution in [0.15, 0.2) is 21.6 Å². The van der Waals surface area contributed by atoms with E-state index in [0.717, 1.165) is 15.5 Å². The predicted molar refractivity (Wildman–Crippen MR) is 81.9 cm³/mol. The minimum absolute atomic E-state index is 0.0552. The van der Waals surface area contributed by atoms with Crippen LogP contribution in [0, 0.1) is 11.7 Å². The highest BCUT2D eigenvalue weighted by atomic mass is 32.1. The van der Waals surface area contributed by atoms with E-state index in [1.807, 2.05) is 30.7 Å². The highest BCUT2D eigenvalue weighted by Gasteiger charge is 2.16. The Morgan fingerprint density at radius 2 is 2.26 bits per heavy atom. The van der Waals surface area contributed by atoms with Crippen LogP contribution in [0.2, 0.25) is 0 Å². The van der Waals surface area contributed by atoms with E-state index in [9.17, 15) is 4.79 Å². The van der Waals surface area contributed by atoms with Crippen LogP contribution < -0.4 is 5.56 Å². The van der Waals surface area contributed by atoms with Crippen molar-refractivity contribution in [2.24, 2.45) is 0 Å². The van der Waals surface area contributed by atoms with E-state index in [4.69, 9.17) is 12.2 Å². The molecular formula is C12H11N3OS3. The molecule has 0 bridgehead atoms. The molecule has 0 aromatic carbocycles. The summed E-state index contributed by atoms with van der Waals surface area (Å²) in [5, 5.41) is 5.44. The fourth-order valence-corrected chi connectivity index (χ4v) is 4.01. The number of hydrogen-bond acceptors (Lipinski definition) is 5. The van der Waals surface area contributed by atoms with E-state index in [0.29, 0.717) is 10.2 Å². The number of rotatable bonds is 2. The Labute approximate surface area is 122 Å². The third kappa shape index (κ3) is 2.07. The van der Waals surface area contributed by atoms with Crippen LogP contribution in [0.5, 0.6) is 0 Å². The van der Waals surface area contributed by atoms with Gasteiger partial charge in [0.2, 0.25) is 0 Å². The summed E-state index contributed by atoms with van der Waals surface area (Å²) in [7, 11) is 0. The number of H-pyrrole nitrogens is 1. The molecule has 0 aliphatic heterocycles. The first-order valence-electron chi connectivity index (χ1n) is 5.72. The molecular weight excluding hydrogens is 298 g/mol. The average molecular weight is 309 g/mol. The van der Waals surface area contributed by atoms with Gasteiger partial charge in [-0.1, -0.05) is 0 Å². The zero-order valence-electron chi connectivity index (χ0n) is 10.3. The van der Waals surface area contributed by atoms with Gasteiger partial charge in [0.25, 0.3) is 5.56 Å². The van der Waals surface area contributed by atoms with Gasteiger partial charge in [-0.2, -0.15) is 0 Å². The van der Waals surface area contributed by atoms with Gasteiger partial charge in [-0.25, -0.2) is 4.98 Å². The summed E-state index contributed by atoms with van der Waals surface area (Å²) < 4.78 is 2.04. The van der Waals surface area contributed by atoms with Gasteiger partial charge in [-0.3, -0.25) is 9.36 Å². The van der Waals surface area contributed by atoms with Crippen LogP contribution in [0.3, 0.4) is 0 Å². The summed E-state index contributed by atoms with van der Waals surface area (Å²) in [6, 6.07) is 1.67. The Morgan fingerprint density at radius 3 is 2.95 bits per heavy atom. The monoisotopic (exact) mass is 309 g/mol. The molecule has 1 atom stereocenters. The van der Waals surface area contributed by atoms with E-state index in [1.165, 1.54) is 11.3 Å². The first kappa shape index (κ1) is 12.7. The molecule has 1 N–H and O–H groups in total. The lowest BCUT2D eigenvalue weighted by atomic mass is 10.3. The van der Waals surface area contributed by atoms with Gasteiger partial charge in [0, 0.05) is 11.1 Å². The number of nitrogens with one attached hydrogen (secondary N) is 1. The van der Waals surface area contributed by atoms with Crippen molar-refractivity contribution in [1.82, 2.24) is 14.5 Å². The summed E-state index contributed by atoms with van der Waals surface area (Å²) in [4.78, 5) is 20.9. The van der Waals surface area contributed by atoms with Crippen LogP contribution in [0.1, 0.15) is 23.7 Å². The SMILES string of the molecule is Cc1csc(C(C)n2c(=S)[nH]c3sccc3c2=O)n1. The Morgan fingerprint density at radius 1 is 1.47 bits per heavy atom. The lowest BCUT2D eigenvalue weighted by molar-refractivity contribution is 0.596. The molecule has 3 heterocycles. The molecule has 98 valence electrons. The van der Waals surface area contributed by atoms with Crippen molar-refractivity contribution in [3.63, 3.8) is 0 Å². The Kier molecular flexibility index (Phi) is 3.12. The second-order valence-corrected chi connectivity index (χ2v) is 6.46. The number of thiophene rings is 1. The second kappa shape index (κ2) is 4.66. The maximum atomic E-state index is 12.5. The summed E-state index contributed by atoms with van der Waals surface area (Å²) in [5.41, 5.74) is 0.909. The first-order chi connectivity index (χ1) is 9.08. The highest BCUT2D eigenvalue weighted by molar-refractivity contribution is 7.71. The second-order valence-electron chi connectivity index (χ2n) is 4.27. The minimum Gasteiger partial charge on any atom is -0.323 e. The average Bonchev–Trinajstić information content (AvgIpc) is 2.97. The zero-order chi connectivity index (χ0) is 13.6. The van der Waals surface area contributed by atoms with Gasteiger partial charge in [0.05, 0.1) is 11.4 Å². The van der Waals surface area contributed by atoms with Crippen molar-refractivity contribution >= 4 is 45.1 Å². The van der Waals surface area contributed by atoms with Crippen molar-refractivity contribution < 1.29 is 0 Å². The van der Waals surface area contributed by atoms with E-state index < -0.39 is 0 Å². The third-order valence-corrected chi connectivity index (χ3v) is 5.20. The number of thiazole rings is 1. The van der Waals surface area contributed by atoms with Gasteiger partial charge in [-0.05, 0) is 37.5 Å². The minimum atomic E-state index is -0.153. The van der Waals surface area contributed by atoms with Crippen molar-refractivity contribution in [1.29, 1.82) is 0 Å². The lowest BCUT2D eigenvalue weighted by Gasteiger charge is -2.12. The van der Waals surface area contributed by atoms with Crippen LogP contribution >= 0.6 is 34.9 Å². The van der Waals surface area contributed by atoms with Crippen LogP contribution in [0.25, 0.3) is 10.2 Å². The number of aryl methyl sites for hydroxylation is 1. The summed E-state index contributed by atoms with van der Waals surface area (Å²) >= 11 is 8.34. The molecule has 3 aromatic rings. The summed E-state index contributed by atoms with van der Waals surface area (Å²) in [5.74, 6) is 0. The van der Waals surface area contributed by atoms with Gasteiger partial charge in [0.15, 0.2) is 4.77 Å². The highest BCUT2D eigenvalue weighted by Crippen LogP contribution is 2.22. The third-order valence-electron chi connectivity index (χ3n) is 2.94. The number of aromatic nitrogens is 3. The molecule has 19 heavy (non-hydrogen) atoms. The van der Waals surface area contributed by atoms with Gasteiger partial charge in [0.1, 0.15) is 9.84 Å². The number of nitrogens with zero attached hydrogens (tertiary/aromatic N) is 2. The van der Waals surface area contributed by atoms with Gasteiger partial charge >= 0.3 is 0 Å². The fourth-order valence-electron chi connectivity index (χ4n) is 1.98. The van der Waals surface area contributed by atoms with E-state index in [-0.39, 0.29) is 11.6 Å². The van der Waals surface area contributed by atoms with Crippen molar-refractivity contribution in [2.75, 3.05) is 0 Å². The normalized spacial score (nSPS) is 12.9. The standard InChI is InChI=1S/C12H11N3OS3/c1-6-5-19-9(13-6)7(2)15-11(16)8-3-4-18-10(8)14-12(15)17/h3-5,7H,1-2H3,(H,14,17). The number of fused-ring (bicyclic) bond motifs is 1. The topological polar surface area (TPSA) is 50.7 Å². The predicted octanol–water partition coefficient (Wildman–Crippen LogP) is 3.49. The molecule has 0 aliphatic carbocycles. The largest absolute Gasteiger partial charge is 0.323 e. The van der Waals surface area contributed by atoms with Gasteiger partial charge in [-0.15, -0.1) is 22.7 Å². The molecule has 0 aliphatic rings. The molecule has 3 rings (SSSR count). The molecule has 0 fully saturated rings. The molecule has 0 radical (unpaired) electrons. The van der Waals surface area contributed by atoms with E-state index in [1.54, 1.807) is 15.9 Å². The molecule has 1 unspecified atom stereocenters. The maximum Gasteiger partial charge on any atom is 0.263 e. The zero-order valence-corrected chi connectivity index (χ0v) is 12.8. The van der Waals surface area contributed by atoms with Crippen LogP contribution in [0.4, 0.5) is 0 Å². The lowest BCUT2D eigenvalue weighted by Crippen LogP contribution is -2.25. The van der Waals surface area contributed by atoms with E-state index >= 15 is 0 Å². The molecule has 0 saturated heterocycles. The van der Waals surface area contributed by atoms with Crippen molar-refractivity contribution in [2.45, 2.75) is 19.9 Å². The Bertz CT molecular complexity index is 855. The molecule has 0 amide bonds. The number of aromatic amines is 1. The fraction of sp³-hybridized carbons (Fsp3) is 0.250. The molecule has 0 saturated carbocycles. The van der Waals surface area contributed by atoms with Crippen molar-refractivity contribution in [3.8, 4) is 0 Å². The Balaban J connectivity index is 2.25. The summed E-state index contributed by atoms with van der Waals surface area (Å²) in [6.07, 6.45) is 0. The smallest absolute Gasteiger partial charge is 0.263 e. The number of hydrogen-bond donors (Lipinski definition) is 1. The molecule has 7 heteroatoms. The quantitative estimate of drug-likeness (QED) is 0.737. The van der Waals surface area contributed by atoms with Crippen LogP contribution in [-0.2, 0) is 0 Å². The first-order valence-corrected chi connectivity index (χ1v) is 7.88. The van der Waals surface area contributed by atoms with E-state index in [2.05, 4.69) is 9.97 Å². The Hall–Kier alpha value is -1.31. The van der Waals surface area contributed by atoms with Crippen LogP contribution in [-0.4, -0.2) is 14.5 Å². The molecule has 3 aromatic heterocycles.